The summed E-state index contributed by atoms with van der Waals surface area (Å²) in [5.74, 6) is -0.458. The summed E-state index contributed by atoms with van der Waals surface area (Å²) >= 11 is 0. The molecule has 1 aromatic heterocycles. The Morgan fingerprint density at radius 2 is 2.38 bits per heavy atom. The third-order valence-electron chi connectivity index (χ3n) is 1.36. The second-order valence-corrected chi connectivity index (χ2v) is 2.41. The van der Waals surface area contributed by atoms with Crippen LogP contribution in [0.4, 0.5) is 8.78 Å². The first kappa shape index (κ1) is 9.64. The van der Waals surface area contributed by atoms with E-state index >= 15 is 0 Å². The molecule has 0 radical (unpaired) electrons. The maximum atomic E-state index is 12.8. The SMILES string of the molecule is C=Cc1cc(OC(C)F)ncc1F. The van der Waals surface area contributed by atoms with Crippen molar-refractivity contribution in [2.24, 2.45) is 0 Å². The van der Waals surface area contributed by atoms with Gasteiger partial charge in [0.15, 0.2) is 0 Å². The molecule has 0 amide bonds. The van der Waals surface area contributed by atoms with Crippen LogP contribution in [0.15, 0.2) is 18.8 Å². The summed E-state index contributed by atoms with van der Waals surface area (Å²) in [6, 6.07) is 1.29. The van der Waals surface area contributed by atoms with E-state index in [0.717, 1.165) is 6.20 Å². The first-order valence-corrected chi connectivity index (χ1v) is 3.72. The van der Waals surface area contributed by atoms with Gasteiger partial charge in [-0.15, -0.1) is 0 Å². The van der Waals surface area contributed by atoms with E-state index in [1.54, 1.807) is 0 Å². The third kappa shape index (κ3) is 2.50. The average Bonchev–Trinajstić information content (AvgIpc) is 2.07. The number of nitrogens with zero attached hydrogens (tertiary/aromatic N) is 1. The molecule has 0 saturated heterocycles. The number of pyridine rings is 1. The van der Waals surface area contributed by atoms with Crippen molar-refractivity contribution in [3.8, 4) is 5.88 Å². The van der Waals surface area contributed by atoms with Gasteiger partial charge in [0.2, 0.25) is 12.2 Å². The number of alkyl halides is 1. The zero-order valence-corrected chi connectivity index (χ0v) is 7.13. The van der Waals surface area contributed by atoms with Crippen molar-refractivity contribution < 1.29 is 13.5 Å². The van der Waals surface area contributed by atoms with Crippen molar-refractivity contribution in [2.75, 3.05) is 0 Å². The van der Waals surface area contributed by atoms with Gasteiger partial charge >= 0.3 is 0 Å². The normalized spacial score (nSPS) is 12.2. The Labute approximate surface area is 74.9 Å². The largest absolute Gasteiger partial charge is 0.444 e. The smallest absolute Gasteiger partial charge is 0.237 e. The lowest BCUT2D eigenvalue weighted by molar-refractivity contribution is 0.0808. The van der Waals surface area contributed by atoms with Crippen molar-refractivity contribution in [2.45, 2.75) is 13.3 Å². The van der Waals surface area contributed by atoms with Crippen LogP contribution in [0.5, 0.6) is 5.88 Å². The van der Waals surface area contributed by atoms with Gasteiger partial charge in [-0.05, 0) is 0 Å². The summed E-state index contributed by atoms with van der Waals surface area (Å²) in [7, 11) is 0. The van der Waals surface area contributed by atoms with Gasteiger partial charge in [-0.1, -0.05) is 12.7 Å². The molecular weight excluding hydrogens is 176 g/mol. The second kappa shape index (κ2) is 3.98. The van der Waals surface area contributed by atoms with Crippen molar-refractivity contribution in [3.63, 3.8) is 0 Å². The maximum Gasteiger partial charge on any atom is 0.237 e. The van der Waals surface area contributed by atoms with Crippen LogP contribution in [-0.4, -0.2) is 11.3 Å². The summed E-state index contributed by atoms with van der Waals surface area (Å²) < 4.78 is 29.8. The monoisotopic (exact) mass is 185 g/mol. The second-order valence-electron chi connectivity index (χ2n) is 2.41. The lowest BCUT2D eigenvalue weighted by Gasteiger charge is -2.06. The molecule has 4 heteroatoms. The molecule has 1 unspecified atom stereocenters. The van der Waals surface area contributed by atoms with Crippen LogP contribution in [0, 0.1) is 5.82 Å². The molecule has 1 atom stereocenters. The van der Waals surface area contributed by atoms with Gasteiger partial charge < -0.3 is 4.74 Å². The molecule has 2 nitrogen and oxygen atoms in total. The van der Waals surface area contributed by atoms with E-state index in [1.807, 2.05) is 0 Å². The van der Waals surface area contributed by atoms with Crippen LogP contribution < -0.4 is 4.74 Å². The highest BCUT2D eigenvalue weighted by Crippen LogP contribution is 2.15. The van der Waals surface area contributed by atoms with Crippen LogP contribution in [-0.2, 0) is 0 Å². The van der Waals surface area contributed by atoms with Gasteiger partial charge in [-0.2, -0.15) is 0 Å². The Morgan fingerprint density at radius 1 is 1.69 bits per heavy atom. The highest BCUT2D eigenvalue weighted by atomic mass is 19.1. The van der Waals surface area contributed by atoms with E-state index in [1.165, 1.54) is 19.1 Å². The number of halogens is 2. The number of hydrogen-bond acceptors (Lipinski definition) is 2. The summed E-state index contributed by atoms with van der Waals surface area (Å²) in [6.07, 6.45) is 0.817. The molecule has 0 N–H and O–H groups in total. The van der Waals surface area contributed by atoms with Gasteiger partial charge in [0.25, 0.3) is 0 Å². The minimum atomic E-state index is -1.46. The molecule has 0 aromatic carbocycles. The molecule has 0 saturated carbocycles. The molecule has 0 aliphatic carbocycles. The van der Waals surface area contributed by atoms with Crippen LogP contribution in [0.2, 0.25) is 0 Å². The Hall–Kier alpha value is -1.45. The highest BCUT2D eigenvalue weighted by molar-refractivity contribution is 5.48. The molecule has 0 spiro atoms. The standard InChI is InChI=1S/C9H9F2NO/c1-3-7-4-9(13-6(2)10)12-5-8(7)11/h3-6H,1H2,2H3. The highest BCUT2D eigenvalue weighted by Gasteiger charge is 2.05. The van der Waals surface area contributed by atoms with E-state index in [-0.39, 0.29) is 11.4 Å². The fourth-order valence-corrected chi connectivity index (χ4v) is 0.821. The maximum absolute atomic E-state index is 12.8. The van der Waals surface area contributed by atoms with E-state index < -0.39 is 12.2 Å². The molecule has 0 aliphatic rings. The number of rotatable bonds is 3. The van der Waals surface area contributed by atoms with E-state index in [4.69, 9.17) is 0 Å². The van der Waals surface area contributed by atoms with Crippen molar-refractivity contribution in [3.05, 3.63) is 30.2 Å². The van der Waals surface area contributed by atoms with Gasteiger partial charge in [0, 0.05) is 18.6 Å². The molecule has 0 aliphatic heterocycles. The summed E-state index contributed by atoms with van der Waals surface area (Å²) in [5, 5.41) is 0. The predicted molar refractivity (Wildman–Crippen MR) is 45.5 cm³/mol. The van der Waals surface area contributed by atoms with Gasteiger partial charge in [0.05, 0.1) is 6.20 Å². The predicted octanol–water partition coefficient (Wildman–Crippen LogP) is 2.56. The first-order valence-electron chi connectivity index (χ1n) is 3.72. The zero-order valence-electron chi connectivity index (χ0n) is 7.13. The van der Waals surface area contributed by atoms with E-state index in [2.05, 4.69) is 16.3 Å². The Bertz CT molecular complexity index is 312. The summed E-state index contributed by atoms with van der Waals surface area (Å²) in [4.78, 5) is 3.54. The molecule has 1 heterocycles. The minimum absolute atomic E-state index is 0.0475. The topological polar surface area (TPSA) is 22.1 Å². The Balaban J connectivity index is 2.92. The van der Waals surface area contributed by atoms with Crippen LogP contribution in [0.3, 0.4) is 0 Å². The lowest BCUT2D eigenvalue weighted by atomic mass is 10.2. The number of hydrogen-bond donors (Lipinski definition) is 0. The molecule has 1 aromatic rings. The van der Waals surface area contributed by atoms with Crippen molar-refractivity contribution >= 4 is 6.08 Å². The molecule has 13 heavy (non-hydrogen) atoms. The van der Waals surface area contributed by atoms with E-state index in [0.29, 0.717) is 0 Å². The minimum Gasteiger partial charge on any atom is -0.444 e. The first-order chi connectivity index (χ1) is 6.13. The molecule has 0 fully saturated rings. The Kier molecular flexibility index (Phi) is 2.95. The summed E-state index contributed by atoms with van der Waals surface area (Å²) in [5.41, 5.74) is 0.241. The number of ether oxygens (including phenoxy) is 1. The molecular formula is C9H9F2NO. The van der Waals surface area contributed by atoms with E-state index in [9.17, 15) is 8.78 Å². The van der Waals surface area contributed by atoms with Gasteiger partial charge in [-0.3, -0.25) is 0 Å². The molecule has 0 bridgehead atoms. The molecule has 1 rings (SSSR count). The molecule has 70 valence electrons. The fourth-order valence-electron chi connectivity index (χ4n) is 0.821. The fraction of sp³-hybridized carbons (Fsp3) is 0.222. The zero-order chi connectivity index (χ0) is 9.84. The van der Waals surface area contributed by atoms with Crippen molar-refractivity contribution in [1.82, 2.24) is 4.98 Å². The van der Waals surface area contributed by atoms with Crippen molar-refractivity contribution in [1.29, 1.82) is 0 Å². The van der Waals surface area contributed by atoms with Crippen LogP contribution in [0.25, 0.3) is 6.08 Å². The summed E-state index contributed by atoms with van der Waals surface area (Å²) in [6.45, 7) is 4.62. The Morgan fingerprint density at radius 3 is 2.92 bits per heavy atom. The average molecular weight is 185 g/mol. The van der Waals surface area contributed by atoms with Crippen LogP contribution in [0.1, 0.15) is 12.5 Å². The van der Waals surface area contributed by atoms with Gasteiger partial charge in [0.1, 0.15) is 5.82 Å². The third-order valence-corrected chi connectivity index (χ3v) is 1.36. The van der Waals surface area contributed by atoms with Crippen LogP contribution >= 0.6 is 0 Å². The van der Waals surface area contributed by atoms with Gasteiger partial charge in [-0.25, -0.2) is 13.8 Å². The number of aromatic nitrogens is 1. The quantitative estimate of drug-likeness (QED) is 0.721. The lowest BCUT2D eigenvalue weighted by Crippen LogP contribution is -2.05.